The molecular formula is C7H6F4N2S2. The largest absolute Gasteiger partial charge is 0.421 e. The Kier molecular flexibility index (Phi) is 3.01. The topological polar surface area (TPSA) is 52.0 Å². The maximum atomic E-state index is 13.2. The Labute approximate surface area is 93.4 Å². The van der Waals surface area contributed by atoms with Crippen LogP contribution < -0.4 is 11.5 Å². The molecule has 0 saturated carbocycles. The average Bonchev–Trinajstić information content (AvgIpc) is 2.09. The number of halogens is 4. The minimum Gasteiger partial charge on any atom is -0.397 e. The van der Waals surface area contributed by atoms with Crippen LogP contribution >= 0.6 is 25.3 Å². The van der Waals surface area contributed by atoms with Gasteiger partial charge in [0, 0.05) is 0 Å². The molecule has 2 nitrogen and oxygen atoms in total. The van der Waals surface area contributed by atoms with Gasteiger partial charge < -0.3 is 11.5 Å². The van der Waals surface area contributed by atoms with Crippen molar-refractivity contribution in [3.63, 3.8) is 0 Å². The molecule has 0 unspecified atom stereocenters. The summed E-state index contributed by atoms with van der Waals surface area (Å²) >= 11 is 7.19. The molecule has 15 heavy (non-hydrogen) atoms. The van der Waals surface area contributed by atoms with Crippen molar-refractivity contribution in [3.05, 3.63) is 11.4 Å². The normalized spacial score (nSPS) is 11.9. The summed E-state index contributed by atoms with van der Waals surface area (Å²) < 4.78 is 50.3. The molecule has 0 atom stereocenters. The first-order chi connectivity index (χ1) is 6.68. The molecule has 0 amide bonds. The van der Waals surface area contributed by atoms with Crippen molar-refractivity contribution >= 4 is 36.6 Å². The smallest absolute Gasteiger partial charge is 0.397 e. The van der Waals surface area contributed by atoms with Gasteiger partial charge in [-0.15, -0.1) is 25.3 Å². The monoisotopic (exact) mass is 258 g/mol. The van der Waals surface area contributed by atoms with Gasteiger partial charge in [-0.05, 0) is 0 Å². The summed E-state index contributed by atoms with van der Waals surface area (Å²) in [6, 6.07) is 0. The van der Waals surface area contributed by atoms with Gasteiger partial charge in [0.25, 0.3) is 0 Å². The molecule has 1 rings (SSSR count). The molecule has 0 radical (unpaired) electrons. The van der Waals surface area contributed by atoms with Gasteiger partial charge in [0.05, 0.1) is 21.2 Å². The average molecular weight is 258 g/mol. The Morgan fingerprint density at radius 2 is 1.40 bits per heavy atom. The molecule has 1 aromatic rings. The number of nitrogens with two attached hydrogens (primary N) is 2. The van der Waals surface area contributed by atoms with E-state index in [0.717, 1.165) is 0 Å². The van der Waals surface area contributed by atoms with E-state index in [1.54, 1.807) is 0 Å². The minimum atomic E-state index is -4.91. The Hall–Kier alpha value is -0.760. The van der Waals surface area contributed by atoms with Crippen LogP contribution in [0.1, 0.15) is 5.56 Å². The second-order valence-corrected chi connectivity index (χ2v) is 3.61. The number of nitrogen functional groups attached to an aromatic ring is 2. The van der Waals surface area contributed by atoms with E-state index in [4.69, 9.17) is 11.5 Å². The van der Waals surface area contributed by atoms with Crippen LogP contribution in [0.4, 0.5) is 28.9 Å². The number of thiol groups is 2. The minimum absolute atomic E-state index is 0.315. The molecule has 0 aromatic heterocycles. The summed E-state index contributed by atoms with van der Waals surface area (Å²) in [7, 11) is 0. The standard InChI is InChI=1S/C7H6F4N2S2/c8-2-1(7(9,10)11)3(12)6(15)4(13)5(2)14/h14-15H,12-13H2. The van der Waals surface area contributed by atoms with E-state index >= 15 is 0 Å². The van der Waals surface area contributed by atoms with Crippen LogP contribution in [-0.2, 0) is 6.18 Å². The lowest BCUT2D eigenvalue weighted by Crippen LogP contribution is -2.14. The van der Waals surface area contributed by atoms with Gasteiger partial charge in [-0.25, -0.2) is 4.39 Å². The number of hydrogen-bond donors (Lipinski definition) is 4. The highest BCUT2D eigenvalue weighted by Crippen LogP contribution is 2.43. The number of benzene rings is 1. The maximum absolute atomic E-state index is 13.2. The highest BCUT2D eigenvalue weighted by Gasteiger charge is 2.39. The summed E-state index contributed by atoms with van der Waals surface area (Å²) in [5, 5.41) is 0. The van der Waals surface area contributed by atoms with E-state index in [1.807, 2.05) is 0 Å². The number of anilines is 2. The lowest BCUT2D eigenvalue weighted by Gasteiger charge is -2.16. The zero-order chi connectivity index (χ0) is 12.0. The molecule has 0 aliphatic rings. The first-order valence-corrected chi connectivity index (χ1v) is 4.42. The third-order valence-corrected chi connectivity index (χ3v) is 2.66. The summed E-state index contributed by atoms with van der Waals surface area (Å²) in [5.41, 5.74) is 7.60. The van der Waals surface area contributed by atoms with Crippen LogP contribution in [0.5, 0.6) is 0 Å². The lowest BCUT2D eigenvalue weighted by molar-refractivity contribution is -0.139. The van der Waals surface area contributed by atoms with Crippen LogP contribution in [0.2, 0.25) is 0 Å². The van der Waals surface area contributed by atoms with Crippen LogP contribution in [0.3, 0.4) is 0 Å². The molecule has 0 aliphatic carbocycles. The summed E-state index contributed by atoms with van der Waals surface area (Å²) in [5.74, 6) is -1.58. The fraction of sp³-hybridized carbons (Fsp3) is 0.143. The summed E-state index contributed by atoms with van der Waals surface area (Å²) in [4.78, 5) is -0.935. The summed E-state index contributed by atoms with van der Waals surface area (Å²) in [6.07, 6.45) is -4.91. The molecule has 1 aromatic carbocycles. The van der Waals surface area contributed by atoms with E-state index in [-0.39, 0.29) is 10.6 Å². The van der Waals surface area contributed by atoms with Crippen molar-refractivity contribution < 1.29 is 17.6 Å². The first-order valence-electron chi connectivity index (χ1n) is 3.53. The van der Waals surface area contributed by atoms with Crippen LogP contribution in [0, 0.1) is 5.82 Å². The molecule has 0 fully saturated rings. The Morgan fingerprint density at radius 3 is 1.80 bits per heavy atom. The molecule has 84 valence electrons. The maximum Gasteiger partial charge on any atom is 0.421 e. The molecule has 8 heteroatoms. The highest BCUT2D eigenvalue weighted by molar-refractivity contribution is 7.81. The SMILES string of the molecule is Nc1c(S)c(N)c(C(F)(F)F)c(F)c1S. The van der Waals surface area contributed by atoms with E-state index < -0.39 is 28.1 Å². The predicted molar refractivity (Wildman–Crippen MR) is 54.7 cm³/mol. The third-order valence-electron chi connectivity index (χ3n) is 1.75. The van der Waals surface area contributed by atoms with Crippen molar-refractivity contribution in [1.29, 1.82) is 0 Å². The van der Waals surface area contributed by atoms with Gasteiger partial charge in [0.2, 0.25) is 0 Å². The molecular weight excluding hydrogens is 252 g/mol. The molecule has 0 saturated heterocycles. The Bertz CT molecular complexity index is 387. The van der Waals surface area contributed by atoms with E-state index in [0.29, 0.717) is 0 Å². The van der Waals surface area contributed by atoms with E-state index in [2.05, 4.69) is 25.3 Å². The highest BCUT2D eigenvalue weighted by atomic mass is 32.1. The third kappa shape index (κ3) is 1.96. The quantitative estimate of drug-likeness (QED) is 0.328. The van der Waals surface area contributed by atoms with Crippen molar-refractivity contribution in [2.24, 2.45) is 0 Å². The van der Waals surface area contributed by atoms with Crippen molar-refractivity contribution in [2.45, 2.75) is 16.0 Å². The number of alkyl halides is 3. The molecule has 4 N–H and O–H groups in total. The second-order valence-electron chi connectivity index (χ2n) is 2.71. The van der Waals surface area contributed by atoms with Gasteiger partial charge >= 0.3 is 6.18 Å². The number of rotatable bonds is 0. The van der Waals surface area contributed by atoms with Gasteiger partial charge in [-0.3, -0.25) is 0 Å². The zero-order valence-corrected chi connectivity index (χ0v) is 8.85. The molecule has 0 spiro atoms. The van der Waals surface area contributed by atoms with Gasteiger partial charge in [0.1, 0.15) is 5.56 Å². The van der Waals surface area contributed by atoms with Gasteiger partial charge in [0.15, 0.2) is 5.82 Å². The Balaban J connectivity index is 3.68. The molecule has 0 heterocycles. The summed E-state index contributed by atoms with van der Waals surface area (Å²) in [6.45, 7) is 0. The first kappa shape index (κ1) is 12.3. The van der Waals surface area contributed by atoms with Crippen LogP contribution in [0.15, 0.2) is 9.79 Å². The van der Waals surface area contributed by atoms with Crippen molar-refractivity contribution in [2.75, 3.05) is 11.5 Å². The molecule has 0 aliphatic heterocycles. The fourth-order valence-corrected chi connectivity index (χ4v) is 1.54. The lowest BCUT2D eigenvalue weighted by atomic mass is 10.1. The van der Waals surface area contributed by atoms with E-state index in [1.165, 1.54) is 0 Å². The van der Waals surface area contributed by atoms with Crippen molar-refractivity contribution in [1.82, 2.24) is 0 Å². The zero-order valence-electron chi connectivity index (χ0n) is 7.06. The molecule has 0 bridgehead atoms. The van der Waals surface area contributed by atoms with Crippen LogP contribution in [-0.4, -0.2) is 0 Å². The Morgan fingerprint density at radius 1 is 0.933 bits per heavy atom. The van der Waals surface area contributed by atoms with E-state index in [9.17, 15) is 17.6 Å². The van der Waals surface area contributed by atoms with Gasteiger partial charge in [-0.2, -0.15) is 13.2 Å². The van der Waals surface area contributed by atoms with Crippen LogP contribution in [0.25, 0.3) is 0 Å². The second kappa shape index (κ2) is 3.67. The predicted octanol–water partition coefficient (Wildman–Crippen LogP) is 2.59. The fourth-order valence-electron chi connectivity index (χ4n) is 1.01. The van der Waals surface area contributed by atoms with Gasteiger partial charge in [-0.1, -0.05) is 0 Å². The van der Waals surface area contributed by atoms with Crippen molar-refractivity contribution in [3.8, 4) is 0 Å². The number of hydrogen-bond acceptors (Lipinski definition) is 4.